The Labute approximate surface area is 133 Å². The van der Waals surface area contributed by atoms with Gasteiger partial charge in [-0.3, -0.25) is 4.74 Å². The maximum Gasteiger partial charge on any atom is 0.462 e. The molecule has 0 aromatic rings. The van der Waals surface area contributed by atoms with Crippen molar-refractivity contribution in [2.45, 2.75) is 30.2 Å². The summed E-state index contributed by atoms with van der Waals surface area (Å²) in [7, 11) is 8.50. The van der Waals surface area contributed by atoms with E-state index in [-0.39, 0.29) is 0 Å². The Morgan fingerprint density at radius 2 is 1.04 bits per heavy atom. The number of alkyl halides is 11. The number of ether oxygens (including phenoxy) is 1. The molecule has 0 spiro atoms. The number of hydrogen-bond donors (Lipinski definition) is 0. The molecule has 4 nitrogen and oxygen atoms in total. The third-order valence-corrected chi connectivity index (χ3v) is 1.62. The zero-order valence-corrected chi connectivity index (χ0v) is 12.8. The van der Waals surface area contributed by atoms with Crippen LogP contribution in [-0.2, 0) is 9.53 Å². The molecule has 25 heavy (non-hydrogen) atoms. The summed E-state index contributed by atoms with van der Waals surface area (Å²) in [5.41, 5.74) is 0. The summed E-state index contributed by atoms with van der Waals surface area (Å²) in [6.45, 7) is 0. The topological polar surface area (TPSA) is 49.4 Å². The van der Waals surface area contributed by atoms with Crippen LogP contribution in [0, 0.1) is 0 Å². The highest BCUT2D eigenvalue weighted by Crippen LogP contribution is 2.50. The molecular weight excluding hydrogens is 391 g/mol. The summed E-state index contributed by atoms with van der Waals surface area (Å²) >= 11 is 0. The highest BCUT2D eigenvalue weighted by Gasteiger charge is 2.78. The molecule has 0 heterocycles. The maximum atomic E-state index is 12.6. The van der Waals surface area contributed by atoms with Crippen molar-refractivity contribution >= 4 is 5.97 Å². The van der Waals surface area contributed by atoms with E-state index in [9.17, 15) is 58.2 Å². The van der Waals surface area contributed by atoms with Gasteiger partial charge in [0.2, 0.25) is 0 Å². The van der Waals surface area contributed by atoms with Crippen LogP contribution in [0.4, 0.5) is 48.3 Å². The molecule has 0 amide bonds. The second-order valence-electron chi connectivity index (χ2n) is 5.75. The molecule has 0 aliphatic rings. The first-order valence-corrected chi connectivity index (χ1v) is 5.68. The van der Waals surface area contributed by atoms with Crippen molar-refractivity contribution in [2.24, 2.45) is 0 Å². The number of carboxylic acid groups (broad SMARTS) is 1. The van der Waals surface area contributed by atoms with Crippen LogP contribution in [0.25, 0.3) is 0 Å². The predicted molar refractivity (Wildman–Crippen MR) is 55.9 cm³/mol. The summed E-state index contributed by atoms with van der Waals surface area (Å²) in [6, 6.07) is 0. The molecule has 0 aliphatic heterocycles. The van der Waals surface area contributed by atoms with Crippen molar-refractivity contribution in [3.8, 4) is 0 Å². The molecule has 0 fully saturated rings. The number of nitrogens with zero attached hydrogens (tertiary/aromatic N) is 1. The number of rotatable bonds is 4. The average molecular weight is 403 g/mol. The molecule has 1 unspecified atom stereocenters. The lowest BCUT2D eigenvalue weighted by Gasteiger charge is -2.35. The van der Waals surface area contributed by atoms with E-state index in [1.54, 1.807) is 4.74 Å². The van der Waals surface area contributed by atoms with Gasteiger partial charge >= 0.3 is 30.2 Å². The largest absolute Gasteiger partial charge is 0.544 e. The third kappa shape index (κ3) is 6.80. The zero-order chi connectivity index (χ0) is 21.3. The molecule has 0 saturated heterocycles. The Bertz CT molecular complexity index is 460. The summed E-state index contributed by atoms with van der Waals surface area (Å²) in [5, 5.41) is 9.73. The van der Waals surface area contributed by atoms with Crippen molar-refractivity contribution in [2.75, 3.05) is 28.2 Å². The van der Waals surface area contributed by atoms with Crippen LogP contribution >= 0.6 is 0 Å². The average Bonchev–Trinajstić information content (AvgIpc) is 2.21. The van der Waals surface area contributed by atoms with E-state index in [4.69, 9.17) is 0 Å². The first-order chi connectivity index (χ1) is 10.4. The van der Waals surface area contributed by atoms with E-state index >= 15 is 0 Å². The van der Waals surface area contributed by atoms with Crippen molar-refractivity contribution in [3.05, 3.63) is 0 Å². The van der Waals surface area contributed by atoms with E-state index in [0.29, 0.717) is 0 Å². The second-order valence-corrected chi connectivity index (χ2v) is 5.75. The molecule has 0 N–H and O–H groups in total. The lowest BCUT2D eigenvalue weighted by Crippen LogP contribution is -2.64. The second kappa shape index (κ2) is 7.09. The minimum atomic E-state index is -7.29. The molecule has 0 aromatic heterocycles. The van der Waals surface area contributed by atoms with Gasteiger partial charge in [-0.2, -0.15) is 48.3 Å². The molecule has 0 rings (SSSR count). The molecule has 152 valence electrons. The number of quaternary nitrogens is 1. The van der Waals surface area contributed by atoms with Gasteiger partial charge in [-0.25, -0.2) is 0 Å². The van der Waals surface area contributed by atoms with Crippen LogP contribution in [0.2, 0.25) is 0 Å². The standard InChI is InChI=1S/C6HF11O3.C4H12N/c7-2(1(18)19,4(10,11)12)20-6(16,17)3(8,9)5(13,14)15;1-5(2,3)4/h(H,18,19);1-4H3/q;+1/p-1. The van der Waals surface area contributed by atoms with Crippen LogP contribution < -0.4 is 5.11 Å². The van der Waals surface area contributed by atoms with Gasteiger partial charge in [0.05, 0.1) is 28.2 Å². The fourth-order valence-corrected chi connectivity index (χ4v) is 0.621. The Kier molecular flexibility index (Phi) is 7.33. The molecule has 0 bridgehead atoms. The van der Waals surface area contributed by atoms with Crippen molar-refractivity contribution < 1.29 is 67.4 Å². The monoisotopic (exact) mass is 403 g/mol. The normalized spacial score (nSPS) is 16.6. The van der Waals surface area contributed by atoms with E-state index < -0.39 is 36.2 Å². The van der Waals surface area contributed by atoms with Gasteiger partial charge in [0.1, 0.15) is 5.97 Å². The van der Waals surface area contributed by atoms with E-state index in [1.807, 2.05) is 0 Å². The van der Waals surface area contributed by atoms with Crippen LogP contribution in [-0.4, -0.2) is 68.9 Å². The lowest BCUT2D eigenvalue weighted by atomic mass is 10.2. The Morgan fingerprint density at radius 3 is 1.20 bits per heavy atom. The number of aliphatic carboxylic acids is 1. The fraction of sp³-hybridized carbons (Fsp3) is 0.900. The molecule has 15 heteroatoms. The zero-order valence-electron chi connectivity index (χ0n) is 12.8. The van der Waals surface area contributed by atoms with E-state index in [1.165, 1.54) is 0 Å². The summed E-state index contributed by atoms with van der Waals surface area (Å²) in [6.07, 6.45) is -21.2. The number of carboxylic acids is 1. The number of carbonyl (C=O) groups excluding carboxylic acids is 1. The van der Waals surface area contributed by atoms with Crippen molar-refractivity contribution in [3.63, 3.8) is 0 Å². The number of hydrogen-bond acceptors (Lipinski definition) is 3. The Balaban J connectivity index is 0. The van der Waals surface area contributed by atoms with E-state index in [2.05, 4.69) is 28.2 Å². The van der Waals surface area contributed by atoms with Gasteiger partial charge in [0, 0.05) is 0 Å². The summed E-state index contributed by atoms with van der Waals surface area (Å²) in [5.74, 6) is -18.0. The molecule has 0 radical (unpaired) electrons. The molecular formula is C10H12F11NO3. The molecule has 0 saturated carbocycles. The van der Waals surface area contributed by atoms with Gasteiger partial charge in [0.25, 0.3) is 0 Å². The highest BCUT2D eigenvalue weighted by atomic mass is 19.4. The van der Waals surface area contributed by atoms with Crippen LogP contribution in [0.3, 0.4) is 0 Å². The van der Waals surface area contributed by atoms with E-state index in [0.717, 1.165) is 4.48 Å². The Morgan fingerprint density at radius 1 is 0.760 bits per heavy atom. The first kappa shape index (κ1) is 25.9. The maximum absolute atomic E-state index is 12.6. The highest BCUT2D eigenvalue weighted by molar-refractivity contribution is 5.74. The van der Waals surface area contributed by atoms with Crippen molar-refractivity contribution in [1.29, 1.82) is 0 Å². The summed E-state index contributed by atoms with van der Waals surface area (Å²) < 4.78 is 134. The predicted octanol–water partition coefficient (Wildman–Crippen LogP) is 2.09. The summed E-state index contributed by atoms with van der Waals surface area (Å²) in [4.78, 5) is 9.73. The fourth-order valence-electron chi connectivity index (χ4n) is 0.621. The third-order valence-electron chi connectivity index (χ3n) is 1.62. The van der Waals surface area contributed by atoms with Crippen LogP contribution in [0.1, 0.15) is 0 Å². The van der Waals surface area contributed by atoms with Gasteiger partial charge in [-0.05, 0) is 0 Å². The minimum Gasteiger partial charge on any atom is -0.544 e. The van der Waals surface area contributed by atoms with Gasteiger partial charge in [-0.1, -0.05) is 0 Å². The number of halogens is 11. The van der Waals surface area contributed by atoms with Gasteiger partial charge < -0.3 is 14.4 Å². The van der Waals surface area contributed by atoms with Gasteiger partial charge in [-0.15, -0.1) is 0 Å². The lowest BCUT2D eigenvalue weighted by molar-refractivity contribution is -0.849. The molecule has 1 atom stereocenters. The van der Waals surface area contributed by atoms with Crippen molar-refractivity contribution in [1.82, 2.24) is 0 Å². The smallest absolute Gasteiger partial charge is 0.462 e. The quantitative estimate of drug-likeness (QED) is 0.534. The SMILES string of the molecule is C[N+](C)(C)C.O=C([O-])C(F)(OC(F)(F)C(F)(F)C(F)(F)F)C(F)(F)F. The molecule has 0 aromatic carbocycles. The van der Waals surface area contributed by atoms with Gasteiger partial charge in [0.15, 0.2) is 0 Å². The number of carbonyl (C=O) groups is 1. The molecule has 0 aliphatic carbocycles. The van der Waals surface area contributed by atoms with Crippen LogP contribution in [0.15, 0.2) is 0 Å². The minimum absolute atomic E-state index is 1.00. The first-order valence-electron chi connectivity index (χ1n) is 5.68. The van der Waals surface area contributed by atoms with Crippen LogP contribution in [0.5, 0.6) is 0 Å². The Hall–Kier alpha value is -1.38.